The second kappa shape index (κ2) is 8.02. The zero-order valence-electron chi connectivity index (χ0n) is 12.3. The number of amides is 2. The second-order valence-corrected chi connectivity index (χ2v) is 6.49. The van der Waals surface area contributed by atoms with Crippen LogP contribution < -0.4 is 5.32 Å². The predicted molar refractivity (Wildman–Crippen MR) is 91.5 cm³/mol. The number of nitrogens with one attached hydrogen (secondary N) is 1. The van der Waals surface area contributed by atoms with E-state index in [0.717, 1.165) is 16.7 Å². The van der Waals surface area contributed by atoms with Gasteiger partial charge in [-0.05, 0) is 23.8 Å². The van der Waals surface area contributed by atoms with Crippen LogP contribution in [-0.4, -0.2) is 45.2 Å². The van der Waals surface area contributed by atoms with Crippen LogP contribution in [0.5, 0.6) is 0 Å². The standard InChI is InChI=1S/C15H13FN2O4S2/c16-10-3-1-9(2-4-10)7-11-14(22)18(15(23)24-11)8-12(19)17-6-5-13(20)21/h1-4,7H,5-6,8H2,(H,17,19)(H,20,21)/b11-7-. The van der Waals surface area contributed by atoms with Crippen LogP contribution in [-0.2, 0) is 14.4 Å². The lowest BCUT2D eigenvalue weighted by Crippen LogP contribution is -2.40. The Balaban J connectivity index is 1.99. The van der Waals surface area contributed by atoms with Gasteiger partial charge in [0.15, 0.2) is 0 Å². The highest BCUT2D eigenvalue weighted by Gasteiger charge is 2.33. The Kier molecular flexibility index (Phi) is 6.04. The summed E-state index contributed by atoms with van der Waals surface area (Å²) in [7, 11) is 0. The topological polar surface area (TPSA) is 86.7 Å². The molecule has 1 heterocycles. The third kappa shape index (κ3) is 4.87. The minimum Gasteiger partial charge on any atom is -0.481 e. The molecule has 9 heteroatoms. The van der Waals surface area contributed by atoms with E-state index < -0.39 is 17.8 Å². The number of halogens is 1. The van der Waals surface area contributed by atoms with Gasteiger partial charge in [0, 0.05) is 6.54 Å². The highest BCUT2D eigenvalue weighted by Crippen LogP contribution is 2.32. The van der Waals surface area contributed by atoms with Gasteiger partial charge in [0.25, 0.3) is 5.91 Å². The minimum absolute atomic E-state index is 0.0195. The van der Waals surface area contributed by atoms with E-state index >= 15 is 0 Å². The molecule has 0 spiro atoms. The van der Waals surface area contributed by atoms with E-state index in [1.54, 1.807) is 6.08 Å². The number of thioether (sulfide) groups is 1. The van der Waals surface area contributed by atoms with Gasteiger partial charge in [0.05, 0.1) is 11.3 Å². The number of carboxylic acids is 1. The number of hydrogen-bond acceptors (Lipinski definition) is 5. The van der Waals surface area contributed by atoms with Gasteiger partial charge in [-0.1, -0.05) is 36.1 Å². The van der Waals surface area contributed by atoms with Gasteiger partial charge in [-0.15, -0.1) is 0 Å². The first-order valence-electron chi connectivity index (χ1n) is 6.86. The number of hydrogen-bond donors (Lipinski definition) is 2. The first kappa shape index (κ1) is 18.1. The smallest absolute Gasteiger partial charge is 0.305 e. The van der Waals surface area contributed by atoms with Crippen LogP contribution in [0, 0.1) is 5.82 Å². The fraction of sp³-hybridized carbons (Fsp3) is 0.200. The van der Waals surface area contributed by atoms with Crippen LogP contribution in [0.3, 0.4) is 0 Å². The molecule has 1 fully saturated rings. The molecule has 2 rings (SSSR count). The molecule has 1 saturated heterocycles. The zero-order valence-corrected chi connectivity index (χ0v) is 14.0. The van der Waals surface area contributed by atoms with Gasteiger partial charge in [0.2, 0.25) is 5.91 Å². The van der Waals surface area contributed by atoms with E-state index in [1.165, 1.54) is 24.3 Å². The summed E-state index contributed by atoms with van der Waals surface area (Å²) in [5.41, 5.74) is 0.641. The molecule has 1 aliphatic heterocycles. The number of aliphatic carboxylic acids is 1. The van der Waals surface area contributed by atoms with Crippen molar-refractivity contribution in [3.8, 4) is 0 Å². The largest absolute Gasteiger partial charge is 0.481 e. The van der Waals surface area contributed by atoms with Crippen molar-refractivity contribution in [3.63, 3.8) is 0 Å². The van der Waals surface area contributed by atoms with Crippen molar-refractivity contribution >= 4 is 52.2 Å². The van der Waals surface area contributed by atoms with Gasteiger partial charge in [-0.3, -0.25) is 19.3 Å². The number of benzene rings is 1. The van der Waals surface area contributed by atoms with Crippen molar-refractivity contribution < 1.29 is 23.9 Å². The summed E-state index contributed by atoms with van der Waals surface area (Å²) in [5.74, 6) is -2.31. The monoisotopic (exact) mass is 368 g/mol. The second-order valence-electron chi connectivity index (χ2n) is 4.81. The Morgan fingerprint density at radius 2 is 2.00 bits per heavy atom. The van der Waals surface area contributed by atoms with E-state index in [1.807, 2.05) is 0 Å². The molecule has 0 bridgehead atoms. The summed E-state index contributed by atoms with van der Waals surface area (Å²) in [6.45, 7) is -0.292. The van der Waals surface area contributed by atoms with Crippen molar-refractivity contribution in [1.29, 1.82) is 0 Å². The summed E-state index contributed by atoms with van der Waals surface area (Å²) in [6, 6.07) is 5.62. The molecule has 2 N–H and O–H groups in total. The highest BCUT2D eigenvalue weighted by atomic mass is 32.2. The van der Waals surface area contributed by atoms with E-state index in [9.17, 15) is 18.8 Å². The molecule has 126 valence electrons. The van der Waals surface area contributed by atoms with Crippen LogP contribution in [0.2, 0.25) is 0 Å². The van der Waals surface area contributed by atoms with E-state index in [-0.39, 0.29) is 29.6 Å². The normalized spacial score (nSPS) is 15.9. The summed E-state index contributed by atoms with van der Waals surface area (Å²) in [5, 5.41) is 10.9. The van der Waals surface area contributed by atoms with Crippen molar-refractivity contribution in [2.75, 3.05) is 13.1 Å². The Morgan fingerprint density at radius 3 is 2.62 bits per heavy atom. The predicted octanol–water partition coefficient (Wildman–Crippen LogP) is 1.62. The molecule has 1 aliphatic rings. The molecule has 0 unspecified atom stereocenters. The third-order valence-corrected chi connectivity index (χ3v) is 4.38. The van der Waals surface area contributed by atoms with Crippen LogP contribution >= 0.6 is 24.0 Å². The van der Waals surface area contributed by atoms with Gasteiger partial charge in [-0.25, -0.2) is 4.39 Å². The molecule has 0 atom stereocenters. The lowest BCUT2D eigenvalue weighted by atomic mass is 10.2. The first-order chi connectivity index (χ1) is 11.4. The quantitative estimate of drug-likeness (QED) is 0.586. The molecule has 24 heavy (non-hydrogen) atoms. The number of carbonyl (C=O) groups excluding carboxylic acids is 2. The van der Waals surface area contributed by atoms with Gasteiger partial charge < -0.3 is 10.4 Å². The molecular formula is C15H13FN2O4S2. The van der Waals surface area contributed by atoms with Gasteiger partial charge in [-0.2, -0.15) is 0 Å². The maximum absolute atomic E-state index is 12.9. The van der Waals surface area contributed by atoms with Crippen molar-refractivity contribution in [2.45, 2.75) is 6.42 Å². The minimum atomic E-state index is -1.02. The average molecular weight is 368 g/mol. The summed E-state index contributed by atoms with van der Waals surface area (Å²) < 4.78 is 13.1. The number of carbonyl (C=O) groups is 3. The SMILES string of the molecule is O=C(O)CCNC(=O)CN1C(=O)/C(=C/c2ccc(F)cc2)SC1=S. The Morgan fingerprint density at radius 1 is 1.33 bits per heavy atom. The van der Waals surface area contributed by atoms with Crippen LogP contribution in [0.25, 0.3) is 6.08 Å². The summed E-state index contributed by atoms with van der Waals surface area (Å²) in [6.07, 6.45) is 1.37. The molecular weight excluding hydrogens is 355 g/mol. The van der Waals surface area contributed by atoms with Gasteiger partial charge in [0.1, 0.15) is 16.7 Å². The molecule has 0 aromatic heterocycles. The molecule has 6 nitrogen and oxygen atoms in total. The molecule has 0 aliphatic carbocycles. The van der Waals surface area contributed by atoms with E-state index in [4.69, 9.17) is 17.3 Å². The van der Waals surface area contributed by atoms with Crippen LogP contribution in [0.4, 0.5) is 4.39 Å². The first-order valence-corrected chi connectivity index (χ1v) is 8.08. The molecule has 1 aromatic carbocycles. The lowest BCUT2D eigenvalue weighted by molar-refractivity contribution is -0.137. The lowest BCUT2D eigenvalue weighted by Gasteiger charge is -2.13. The Hall–Kier alpha value is -2.26. The fourth-order valence-electron chi connectivity index (χ4n) is 1.86. The van der Waals surface area contributed by atoms with E-state index in [0.29, 0.717) is 10.5 Å². The van der Waals surface area contributed by atoms with Crippen molar-refractivity contribution in [2.24, 2.45) is 0 Å². The average Bonchev–Trinajstić information content (AvgIpc) is 2.77. The van der Waals surface area contributed by atoms with Crippen molar-refractivity contribution in [1.82, 2.24) is 10.2 Å². The maximum Gasteiger partial charge on any atom is 0.305 e. The van der Waals surface area contributed by atoms with Crippen LogP contribution in [0.15, 0.2) is 29.2 Å². The Bertz CT molecular complexity index is 719. The zero-order chi connectivity index (χ0) is 17.7. The molecule has 0 saturated carbocycles. The number of nitrogens with zero attached hydrogens (tertiary/aromatic N) is 1. The molecule has 1 aromatic rings. The number of carboxylic acid groups (broad SMARTS) is 1. The number of thiocarbonyl (C=S) groups is 1. The highest BCUT2D eigenvalue weighted by molar-refractivity contribution is 8.26. The third-order valence-electron chi connectivity index (χ3n) is 3.00. The van der Waals surface area contributed by atoms with Crippen molar-refractivity contribution in [3.05, 3.63) is 40.6 Å². The Labute approximate surface area is 146 Å². The van der Waals surface area contributed by atoms with E-state index in [2.05, 4.69) is 5.32 Å². The van der Waals surface area contributed by atoms with Gasteiger partial charge >= 0.3 is 5.97 Å². The molecule has 2 amide bonds. The summed E-state index contributed by atoms with van der Waals surface area (Å²) >= 11 is 6.15. The fourth-order valence-corrected chi connectivity index (χ4v) is 3.11. The summed E-state index contributed by atoms with van der Waals surface area (Å²) in [4.78, 5) is 35.9. The number of rotatable bonds is 6. The molecule has 0 radical (unpaired) electrons. The maximum atomic E-state index is 12.9. The van der Waals surface area contributed by atoms with Crippen LogP contribution in [0.1, 0.15) is 12.0 Å².